The number of hydrogen-bond donors (Lipinski definition) is 4. The Labute approximate surface area is 192 Å². The van der Waals surface area contributed by atoms with E-state index in [0.29, 0.717) is 24.5 Å². The zero-order valence-electron chi connectivity index (χ0n) is 19.3. The molecule has 0 radical (unpaired) electrons. The lowest BCUT2D eigenvalue weighted by Crippen LogP contribution is -2.35. The lowest BCUT2D eigenvalue weighted by atomic mass is 10.1. The van der Waals surface area contributed by atoms with Gasteiger partial charge in [-0.15, -0.1) is 0 Å². The number of nitrogens with zero attached hydrogens (tertiary/aromatic N) is 4. The van der Waals surface area contributed by atoms with Gasteiger partial charge in [-0.05, 0) is 50.5 Å². The molecule has 1 unspecified atom stereocenters. The maximum Gasteiger partial charge on any atom is 0.293 e. The number of nitrogen functional groups attached to an aromatic ring is 1. The summed E-state index contributed by atoms with van der Waals surface area (Å²) >= 11 is 0. The van der Waals surface area contributed by atoms with Gasteiger partial charge in [0.2, 0.25) is 5.91 Å². The second-order valence-electron chi connectivity index (χ2n) is 7.95. The molecule has 174 valence electrons. The number of rotatable bonds is 9. The summed E-state index contributed by atoms with van der Waals surface area (Å²) in [4.78, 5) is 38.2. The standard InChI is InChI=1S/C23H30N8O2/c1-14(9-17-5-8-20(25-4)26-11-17)29-22-23(33)31(15(2)10-28-22)13-21(32)27-12-18-6-7-19(24)30-16(18)3/h5-8,10-11,14H,9,12-13H2,1-4H3,(H2,24,30)(H,25,26)(H,27,32)(H,28,29). The van der Waals surface area contributed by atoms with Crippen molar-refractivity contribution in [3.63, 3.8) is 0 Å². The van der Waals surface area contributed by atoms with Gasteiger partial charge < -0.3 is 21.7 Å². The molecule has 0 aliphatic carbocycles. The molecule has 0 saturated heterocycles. The number of nitrogens with two attached hydrogens (primary N) is 1. The Morgan fingerprint density at radius 3 is 2.61 bits per heavy atom. The average Bonchev–Trinajstić information content (AvgIpc) is 2.78. The number of nitrogens with one attached hydrogen (secondary N) is 3. The maximum absolute atomic E-state index is 13.0. The van der Waals surface area contributed by atoms with Crippen molar-refractivity contribution in [2.75, 3.05) is 23.4 Å². The first-order valence-corrected chi connectivity index (χ1v) is 10.7. The van der Waals surface area contributed by atoms with Crippen LogP contribution in [0.4, 0.5) is 17.5 Å². The molecule has 3 rings (SSSR count). The number of carbonyl (C=O) groups excluding carboxylic acids is 1. The fourth-order valence-corrected chi connectivity index (χ4v) is 3.39. The number of aryl methyl sites for hydroxylation is 2. The Morgan fingerprint density at radius 1 is 1.15 bits per heavy atom. The summed E-state index contributed by atoms with van der Waals surface area (Å²) in [6.45, 7) is 5.75. The van der Waals surface area contributed by atoms with E-state index in [4.69, 9.17) is 5.73 Å². The summed E-state index contributed by atoms with van der Waals surface area (Å²) in [5.74, 6) is 1.15. The number of anilines is 3. The molecule has 1 atom stereocenters. The van der Waals surface area contributed by atoms with Crippen LogP contribution in [-0.2, 0) is 24.3 Å². The molecular weight excluding hydrogens is 420 g/mol. The number of aromatic nitrogens is 4. The molecule has 0 saturated carbocycles. The van der Waals surface area contributed by atoms with E-state index in [-0.39, 0.29) is 29.9 Å². The van der Waals surface area contributed by atoms with Gasteiger partial charge in [0.1, 0.15) is 18.2 Å². The Morgan fingerprint density at radius 2 is 1.94 bits per heavy atom. The summed E-state index contributed by atoms with van der Waals surface area (Å²) in [6.07, 6.45) is 4.05. The van der Waals surface area contributed by atoms with Crippen molar-refractivity contribution in [1.82, 2.24) is 24.8 Å². The quantitative estimate of drug-likeness (QED) is 0.386. The monoisotopic (exact) mass is 450 g/mol. The molecule has 0 bridgehead atoms. The molecule has 0 spiro atoms. The highest BCUT2D eigenvalue weighted by Gasteiger charge is 2.14. The minimum Gasteiger partial charge on any atom is -0.384 e. The van der Waals surface area contributed by atoms with E-state index in [1.165, 1.54) is 4.57 Å². The second kappa shape index (κ2) is 10.6. The molecule has 0 fully saturated rings. The van der Waals surface area contributed by atoms with E-state index in [9.17, 15) is 9.59 Å². The van der Waals surface area contributed by atoms with Crippen LogP contribution in [0.15, 0.2) is 41.5 Å². The van der Waals surface area contributed by atoms with Crippen LogP contribution >= 0.6 is 0 Å². The van der Waals surface area contributed by atoms with Crippen molar-refractivity contribution in [3.05, 3.63) is 69.5 Å². The number of hydrogen-bond acceptors (Lipinski definition) is 8. The first kappa shape index (κ1) is 23.7. The predicted molar refractivity (Wildman–Crippen MR) is 129 cm³/mol. The van der Waals surface area contributed by atoms with Crippen LogP contribution in [0.1, 0.15) is 29.4 Å². The molecule has 0 aromatic carbocycles. The summed E-state index contributed by atoms with van der Waals surface area (Å²) < 4.78 is 1.41. The van der Waals surface area contributed by atoms with Gasteiger partial charge in [0.05, 0.1) is 0 Å². The third-order valence-corrected chi connectivity index (χ3v) is 5.25. The number of amides is 1. The third-order valence-electron chi connectivity index (χ3n) is 5.25. The Hall–Kier alpha value is -3.95. The summed E-state index contributed by atoms with van der Waals surface area (Å²) in [7, 11) is 1.82. The lowest BCUT2D eigenvalue weighted by Gasteiger charge is -2.16. The lowest BCUT2D eigenvalue weighted by molar-refractivity contribution is -0.121. The molecule has 3 aromatic rings. The molecule has 5 N–H and O–H groups in total. The topological polar surface area (TPSA) is 140 Å². The minimum atomic E-state index is -0.342. The molecule has 1 amide bonds. The van der Waals surface area contributed by atoms with Crippen molar-refractivity contribution in [2.45, 2.75) is 46.3 Å². The van der Waals surface area contributed by atoms with E-state index in [0.717, 1.165) is 22.6 Å². The average molecular weight is 451 g/mol. The number of pyridine rings is 2. The van der Waals surface area contributed by atoms with Crippen molar-refractivity contribution in [3.8, 4) is 0 Å². The first-order valence-electron chi connectivity index (χ1n) is 10.7. The van der Waals surface area contributed by atoms with Crippen molar-refractivity contribution >= 4 is 23.4 Å². The maximum atomic E-state index is 13.0. The van der Waals surface area contributed by atoms with Crippen molar-refractivity contribution in [1.29, 1.82) is 0 Å². The van der Waals surface area contributed by atoms with E-state index in [2.05, 4.69) is 30.9 Å². The van der Waals surface area contributed by atoms with Gasteiger partial charge in [0, 0.05) is 43.4 Å². The van der Waals surface area contributed by atoms with Crippen LogP contribution in [0.2, 0.25) is 0 Å². The highest BCUT2D eigenvalue weighted by molar-refractivity contribution is 5.75. The van der Waals surface area contributed by atoms with Crippen LogP contribution in [0.25, 0.3) is 0 Å². The van der Waals surface area contributed by atoms with E-state index >= 15 is 0 Å². The van der Waals surface area contributed by atoms with Crippen LogP contribution in [0, 0.1) is 13.8 Å². The van der Waals surface area contributed by atoms with E-state index < -0.39 is 0 Å². The summed E-state index contributed by atoms with van der Waals surface area (Å²) in [5, 5.41) is 8.97. The number of carbonyl (C=O) groups is 1. The second-order valence-corrected chi connectivity index (χ2v) is 7.95. The molecule has 0 aliphatic rings. The van der Waals surface area contributed by atoms with Gasteiger partial charge >= 0.3 is 0 Å². The van der Waals surface area contributed by atoms with Gasteiger partial charge in [-0.2, -0.15) is 0 Å². The first-order chi connectivity index (χ1) is 15.8. The molecule has 0 aliphatic heterocycles. The Balaban J connectivity index is 1.64. The smallest absolute Gasteiger partial charge is 0.293 e. The van der Waals surface area contributed by atoms with Crippen LogP contribution in [0.3, 0.4) is 0 Å². The largest absolute Gasteiger partial charge is 0.384 e. The molecule has 3 heterocycles. The normalized spacial score (nSPS) is 11.6. The van der Waals surface area contributed by atoms with Gasteiger partial charge in [-0.25, -0.2) is 15.0 Å². The van der Waals surface area contributed by atoms with Crippen molar-refractivity contribution in [2.24, 2.45) is 0 Å². The van der Waals surface area contributed by atoms with Crippen LogP contribution in [-0.4, -0.2) is 38.5 Å². The Kier molecular flexibility index (Phi) is 7.60. The zero-order valence-corrected chi connectivity index (χ0v) is 19.3. The van der Waals surface area contributed by atoms with E-state index in [1.54, 1.807) is 25.4 Å². The van der Waals surface area contributed by atoms with Crippen LogP contribution in [0.5, 0.6) is 0 Å². The SMILES string of the molecule is CNc1ccc(CC(C)Nc2ncc(C)n(CC(=O)NCc3ccc(N)nc3C)c2=O)cn1. The van der Waals surface area contributed by atoms with Gasteiger partial charge in [0.25, 0.3) is 5.56 Å². The summed E-state index contributed by atoms with van der Waals surface area (Å²) in [5.41, 5.74) is 8.58. The van der Waals surface area contributed by atoms with E-state index in [1.807, 2.05) is 39.1 Å². The molecule has 3 aromatic heterocycles. The summed E-state index contributed by atoms with van der Waals surface area (Å²) in [6, 6.07) is 7.35. The van der Waals surface area contributed by atoms with Gasteiger partial charge in [-0.1, -0.05) is 12.1 Å². The fraction of sp³-hybridized carbons (Fsp3) is 0.348. The van der Waals surface area contributed by atoms with Crippen LogP contribution < -0.4 is 27.2 Å². The zero-order chi connectivity index (χ0) is 24.0. The molecule has 33 heavy (non-hydrogen) atoms. The Bertz CT molecular complexity index is 1170. The minimum absolute atomic E-state index is 0.0570. The van der Waals surface area contributed by atoms with Gasteiger partial charge in [0.15, 0.2) is 5.82 Å². The third kappa shape index (κ3) is 6.28. The van der Waals surface area contributed by atoms with Gasteiger partial charge in [-0.3, -0.25) is 14.2 Å². The predicted octanol–water partition coefficient (Wildman–Crippen LogP) is 1.63. The molecule has 10 nitrogen and oxygen atoms in total. The highest BCUT2D eigenvalue weighted by Crippen LogP contribution is 2.10. The molecule has 10 heteroatoms. The van der Waals surface area contributed by atoms with Crippen molar-refractivity contribution < 1.29 is 4.79 Å². The molecular formula is C23H30N8O2. The highest BCUT2D eigenvalue weighted by atomic mass is 16.2. The fourth-order valence-electron chi connectivity index (χ4n) is 3.39.